The molecule has 0 radical (unpaired) electrons. The van der Waals surface area contributed by atoms with Crippen LogP contribution in [0, 0.1) is 6.92 Å². The van der Waals surface area contributed by atoms with Gasteiger partial charge in [-0.2, -0.15) is 10.2 Å². The van der Waals surface area contributed by atoms with Gasteiger partial charge in [0, 0.05) is 26.2 Å². The average molecular weight is 289 g/mol. The van der Waals surface area contributed by atoms with E-state index in [0.717, 1.165) is 37.2 Å². The number of hydrogen-bond donors (Lipinski definition) is 1. The minimum Gasteiger partial charge on any atom is -0.308 e. The van der Waals surface area contributed by atoms with E-state index in [1.165, 1.54) is 11.4 Å². The SMILES string of the molecule is CCCNC(Cc1cc(C)nn1C)c1cc(CC)nn1C. The number of nitrogens with zero attached hydrogens (tertiary/aromatic N) is 4. The molecule has 5 heteroatoms. The van der Waals surface area contributed by atoms with Gasteiger partial charge in [0.2, 0.25) is 0 Å². The van der Waals surface area contributed by atoms with Crippen molar-refractivity contribution in [2.75, 3.05) is 6.54 Å². The topological polar surface area (TPSA) is 47.7 Å². The summed E-state index contributed by atoms with van der Waals surface area (Å²) in [4.78, 5) is 0. The second-order valence-corrected chi connectivity index (χ2v) is 5.65. The number of aryl methyl sites for hydroxylation is 4. The summed E-state index contributed by atoms with van der Waals surface area (Å²) in [5.74, 6) is 0. The molecule has 0 aliphatic carbocycles. The highest BCUT2D eigenvalue weighted by Gasteiger charge is 2.18. The van der Waals surface area contributed by atoms with Crippen LogP contribution >= 0.6 is 0 Å². The second kappa shape index (κ2) is 6.89. The van der Waals surface area contributed by atoms with Crippen molar-refractivity contribution in [3.8, 4) is 0 Å². The predicted molar refractivity (Wildman–Crippen MR) is 85.3 cm³/mol. The van der Waals surface area contributed by atoms with Gasteiger partial charge in [-0.1, -0.05) is 13.8 Å². The molecule has 0 spiro atoms. The van der Waals surface area contributed by atoms with Gasteiger partial charge in [0.05, 0.1) is 23.1 Å². The number of aromatic nitrogens is 4. The summed E-state index contributed by atoms with van der Waals surface area (Å²) in [6.45, 7) is 7.38. The molecule has 2 aromatic heterocycles. The Labute approximate surface area is 127 Å². The molecule has 0 aromatic carbocycles. The Hall–Kier alpha value is -1.62. The Morgan fingerprint density at radius 3 is 2.43 bits per heavy atom. The quantitative estimate of drug-likeness (QED) is 0.851. The van der Waals surface area contributed by atoms with Crippen LogP contribution in [0.5, 0.6) is 0 Å². The van der Waals surface area contributed by atoms with Crippen molar-refractivity contribution < 1.29 is 0 Å². The summed E-state index contributed by atoms with van der Waals surface area (Å²) in [5.41, 5.74) is 4.72. The van der Waals surface area contributed by atoms with Crippen molar-refractivity contribution in [1.29, 1.82) is 0 Å². The fourth-order valence-corrected chi connectivity index (χ4v) is 2.71. The molecule has 0 amide bonds. The highest BCUT2D eigenvalue weighted by atomic mass is 15.3. The molecule has 0 aliphatic rings. The maximum Gasteiger partial charge on any atom is 0.0625 e. The summed E-state index contributed by atoms with van der Waals surface area (Å²) in [5, 5.41) is 12.7. The molecular formula is C16H27N5. The Morgan fingerprint density at radius 2 is 1.90 bits per heavy atom. The van der Waals surface area contributed by atoms with E-state index in [0.29, 0.717) is 0 Å². The third-order valence-corrected chi connectivity index (χ3v) is 3.84. The maximum absolute atomic E-state index is 4.58. The molecule has 2 rings (SSSR count). The third kappa shape index (κ3) is 3.73. The molecule has 0 fully saturated rings. The van der Waals surface area contributed by atoms with Crippen LogP contribution in [-0.4, -0.2) is 26.1 Å². The van der Waals surface area contributed by atoms with Crippen LogP contribution < -0.4 is 5.32 Å². The summed E-state index contributed by atoms with van der Waals surface area (Å²) < 4.78 is 3.99. The number of nitrogens with one attached hydrogen (secondary N) is 1. The second-order valence-electron chi connectivity index (χ2n) is 5.65. The van der Waals surface area contributed by atoms with E-state index in [-0.39, 0.29) is 6.04 Å². The fraction of sp³-hybridized carbons (Fsp3) is 0.625. The number of hydrogen-bond acceptors (Lipinski definition) is 3. The molecule has 2 heterocycles. The smallest absolute Gasteiger partial charge is 0.0625 e. The van der Waals surface area contributed by atoms with Crippen LogP contribution in [0.1, 0.15) is 49.1 Å². The van der Waals surface area contributed by atoms with Gasteiger partial charge in [-0.05, 0) is 38.4 Å². The molecule has 0 aliphatic heterocycles. The molecule has 2 aromatic rings. The summed E-state index contributed by atoms with van der Waals surface area (Å²) in [6, 6.07) is 4.66. The highest BCUT2D eigenvalue weighted by Crippen LogP contribution is 2.20. The van der Waals surface area contributed by atoms with Gasteiger partial charge in [0.15, 0.2) is 0 Å². The lowest BCUT2D eigenvalue weighted by Gasteiger charge is -2.19. The van der Waals surface area contributed by atoms with E-state index in [1.807, 2.05) is 30.4 Å². The summed E-state index contributed by atoms with van der Waals surface area (Å²) in [6.07, 6.45) is 3.03. The molecular weight excluding hydrogens is 262 g/mol. The largest absolute Gasteiger partial charge is 0.308 e. The molecule has 1 unspecified atom stereocenters. The van der Waals surface area contributed by atoms with Crippen molar-refractivity contribution in [2.45, 2.75) is 46.1 Å². The van der Waals surface area contributed by atoms with Crippen LogP contribution in [0.4, 0.5) is 0 Å². The van der Waals surface area contributed by atoms with E-state index in [4.69, 9.17) is 0 Å². The first-order valence-corrected chi connectivity index (χ1v) is 7.80. The average Bonchev–Trinajstić information content (AvgIpc) is 2.97. The van der Waals surface area contributed by atoms with Crippen LogP contribution in [0.15, 0.2) is 12.1 Å². The monoisotopic (exact) mass is 289 g/mol. The molecule has 5 nitrogen and oxygen atoms in total. The lowest BCUT2D eigenvalue weighted by atomic mass is 10.1. The van der Waals surface area contributed by atoms with E-state index in [1.54, 1.807) is 0 Å². The Kier molecular flexibility index (Phi) is 5.17. The maximum atomic E-state index is 4.58. The molecule has 116 valence electrons. The fourth-order valence-electron chi connectivity index (χ4n) is 2.71. The zero-order valence-corrected chi connectivity index (χ0v) is 13.8. The van der Waals surface area contributed by atoms with Gasteiger partial charge >= 0.3 is 0 Å². The molecule has 1 N–H and O–H groups in total. The Bertz CT molecular complexity index is 582. The molecule has 0 saturated carbocycles. The lowest BCUT2D eigenvalue weighted by Crippen LogP contribution is -2.26. The van der Waals surface area contributed by atoms with Crippen molar-refractivity contribution in [1.82, 2.24) is 24.9 Å². The van der Waals surface area contributed by atoms with E-state index in [2.05, 4.69) is 41.5 Å². The molecule has 21 heavy (non-hydrogen) atoms. The molecule has 0 bridgehead atoms. The number of rotatable bonds is 7. The van der Waals surface area contributed by atoms with Crippen molar-refractivity contribution in [3.05, 3.63) is 34.9 Å². The van der Waals surface area contributed by atoms with Gasteiger partial charge < -0.3 is 5.32 Å². The first-order chi connectivity index (χ1) is 10.0. The van der Waals surface area contributed by atoms with Gasteiger partial charge in [-0.25, -0.2) is 0 Å². The highest BCUT2D eigenvalue weighted by molar-refractivity contribution is 5.18. The first-order valence-electron chi connectivity index (χ1n) is 7.80. The van der Waals surface area contributed by atoms with Crippen LogP contribution in [0.2, 0.25) is 0 Å². The zero-order chi connectivity index (χ0) is 15.4. The zero-order valence-electron chi connectivity index (χ0n) is 13.8. The Balaban J connectivity index is 2.24. The van der Waals surface area contributed by atoms with Crippen molar-refractivity contribution >= 4 is 0 Å². The normalized spacial score (nSPS) is 12.8. The van der Waals surface area contributed by atoms with E-state index >= 15 is 0 Å². The van der Waals surface area contributed by atoms with E-state index < -0.39 is 0 Å². The van der Waals surface area contributed by atoms with Gasteiger partial charge in [0.25, 0.3) is 0 Å². The molecule has 1 atom stereocenters. The summed E-state index contributed by atoms with van der Waals surface area (Å²) >= 11 is 0. The third-order valence-electron chi connectivity index (χ3n) is 3.84. The van der Waals surface area contributed by atoms with Gasteiger partial charge in [-0.3, -0.25) is 9.36 Å². The van der Waals surface area contributed by atoms with Gasteiger partial charge in [-0.15, -0.1) is 0 Å². The minimum atomic E-state index is 0.276. The Morgan fingerprint density at radius 1 is 1.14 bits per heavy atom. The standard InChI is InChI=1S/C16H27N5/c1-6-8-17-15(11-14-9-12(3)18-20(14)4)16-10-13(7-2)19-21(16)5/h9-10,15,17H,6-8,11H2,1-5H3. The lowest BCUT2D eigenvalue weighted by molar-refractivity contribution is 0.480. The van der Waals surface area contributed by atoms with Crippen molar-refractivity contribution in [3.63, 3.8) is 0 Å². The van der Waals surface area contributed by atoms with E-state index in [9.17, 15) is 0 Å². The van der Waals surface area contributed by atoms with Crippen LogP contribution in [0.25, 0.3) is 0 Å². The van der Waals surface area contributed by atoms with Crippen LogP contribution in [-0.2, 0) is 26.9 Å². The summed E-state index contributed by atoms with van der Waals surface area (Å²) in [7, 11) is 4.05. The predicted octanol–water partition coefficient (Wildman–Crippen LogP) is 2.31. The molecule has 0 saturated heterocycles. The van der Waals surface area contributed by atoms with Crippen molar-refractivity contribution in [2.24, 2.45) is 14.1 Å². The van der Waals surface area contributed by atoms with Gasteiger partial charge in [0.1, 0.15) is 0 Å². The van der Waals surface area contributed by atoms with Crippen LogP contribution in [0.3, 0.4) is 0 Å². The minimum absolute atomic E-state index is 0.276. The first kappa shape index (κ1) is 15.8.